The number of hydrogen-bond acceptors (Lipinski definition) is 3. The maximum atomic E-state index is 13.3. The zero-order chi connectivity index (χ0) is 14.7. The predicted octanol–water partition coefficient (Wildman–Crippen LogP) is 2.62. The first-order valence-electron chi connectivity index (χ1n) is 5.94. The van der Waals surface area contributed by atoms with Gasteiger partial charge in [0, 0.05) is 13.2 Å². The molecule has 0 aliphatic rings. The summed E-state index contributed by atoms with van der Waals surface area (Å²) in [5.74, 6) is -1.32. The Balaban J connectivity index is 2.36. The molecule has 0 aliphatic heterocycles. The lowest BCUT2D eigenvalue weighted by atomic mass is 10.0. The molecule has 2 N–H and O–H groups in total. The number of hydrogen-bond donors (Lipinski definition) is 1. The van der Waals surface area contributed by atoms with Gasteiger partial charge in [0.05, 0.1) is 35.6 Å². The van der Waals surface area contributed by atoms with Gasteiger partial charge < -0.3 is 10.5 Å². The minimum Gasteiger partial charge on any atom is -0.383 e. The van der Waals surface area contributed by atoms with E-state index in [2.05, 4.69) is 21.0 Å². The van der Waals surface area contributed by atoms with E-state index in [4.69, 9.17) is 10.5 Å². The number of nitrogens with two attached hydrogens (primary N) is 1. The van der Waals surface area contributed by atoms with Gasteiger partial charge in [0.2, 0.25) is 0 Å². The highest BCUT2D eigenvalue weighted by Crippen LogP contribution is 2.27. The molecule has 1 aromatic heterocycles. The molecule has 0 aliphatic carbocycles. The van der Waals surface area contributed by atoms with Crippen LogP contribution in [0.4, 0.5) is 8.78 Å². The molecule has 1 unspecified atom stereocenters. The van der Waals surface area contributed by atoms with E-state index in [0.717, 1.165) is 6.07 Å². The summed E-state index contributed by atoms with van der Waals surface area (Å²) in [4.78, 5) is 0. The Morgan fingerprint density at radius 3 is 2.60 bits per heavy atom. The van der Waals surface area contributed by atoms with Crippen molar-refractivity contribution in [1.29, 1.82) is 0 Å². The maximum absolute atomic E-state index is 13.3. The minimum absolute atomic E-state index is 0.349. The van der Waals surface area contributed by atoms with Crippen molar-refractivity contribution in [3.05, 3.63) is 51.8 Å². The first-order chi connectivity index (χ1) is 9.52. The van der Waals surface area contributed by atoms with Crippen molar-refractivity contribution in [3.8, 4) is 0 Å². The molecule has 1 heterocycles. The molecule has 0 bridgehead atoms. The van der Waals surface area contributed by atoms with Gasteiger partial charge in [-0.3, -0.25) is 4.68 Å². The normalized spacial score (nSPS) is 12.7. The highest BCUT2D eigenvalue weighted by molar-refractivity contribution is 9.10. The summed E-state index contributed by atoms with van der Waals surface area (Å²) in [6.07, 6.45) is 1.60. The van der Waals surface area contributed by atoms with E-state index in [0.29, 0.717) is 28.9 Å². The van der Waals surface area contributed by atoms with Gasteiger partial charge in [0.1, 0.15) is 11.6 Å². The number of rotatable bonds is 5. The SMILES string of the molecule is COCCn1ncc(Br)c1C(N)c1cc(F)cc(F)c1. The molecule has 4 nitrogen and oxygen atoms in total. The molecular weight excluding hydrogens is 332 g/mol. The van der Waals surface area contributed by atoms with Crippen LogP contribution in [0, 0.1) is 11.6 Å². The second-order valence-electron chi connectivity index (χ2n) is 4.27. The topological polar surface area (TPSA) is 53.1 Å². The summed E-state index contributed by atoms with van der Waals surface area (Å²) in [7, 11) is 1.58. The van der Waals surface area contributed by atoms with Gasteiger partial charge in [-0.25, -0.2) is 8.78 Å². The smallest absolute Gasteiger partial charge is 0.126 e. The highest BCUT2D eigenvalue weighted by atomic mass is 79.9. The largest absolute Gasteiger partial charge is 0.383 e. The molecule has 7 heteroatoms. The fourth-order valence-electron chi connectivity index (χ4n) is 1.95. The van der Waals surface area contributed by atoms with E-state index in [1.807, 2.05) is 0 Å². The molecule has 1 atom stereocenters. The average molecular weight is 346 g/mol. The van der Waals surface area contributed by atoms with Crippen molar-refractivity contribution >= 4 is 15.9 Å². The molecule has 2 aromatic rings. The lowest BCUT2D eigenvalue weighted by molar-refractivity contribution is 0.182. The van der Waals surface area contributed by atoms with Gasteiger partial charge >= 0.3 is 0 Å². The molecule has 0 saturated carbocycles. The fourth-order valence-corrected chi connectivity index (χ4v) is 2.49. The van der Waals surface area contributed by atoms with E-state index in [1.165, 1.54) is 12.1 Å². The van der Waals surface area contributed by atoms with Crippen LogP contribution in [-0.4, -0.2) is 23.5 Å². The summed E-state index contributed by atoms with van der Waals surface area (Å²) < 4.78 is 33.9. The van der Waals surface area contributed by atoms with Gasteiger partial charge in [0.25, 0.3) is 0 Å². The Bertz CT molecular complexity index is 583. The fraction of sp³-hybridized carbons (Fsp3) is 0.308. The van der Waals surface area contributed by atoms with Gasteiger partial charge in [-0.2, -0.15) is 5.10 Å². The van der Waals surface area contributed by atoms with Gasteiger partial charge in [-0.15, -0.1) is 0 Å². The number of aromatic nitrogens is 2. The van der Waals surface area contributed by atoms with Crippen LogP contribution in [0.3, 0.4) is 0 Å². The molecule has 20 heavy (non-hydrogen) atoms. The zero-order valence-corrected chi connectivity index (χ0v) is 12.4. The average Bonchev–Trinajstić information content (AvgIpc) is 2.75. The van der Waals surface area contributed by atoms with Crippen molar-refractivity contribution < 1.29 is 13.5 Å². The lowest BCUT2D eigenvalue weighted by Gasteiger charge is -2.15. The quantitative estimate of drug-likeness (QED) is 0.906. The molecule has 0 amide bonds. The molecule has 0 saturated heterocycles. The van der Waals surface area contributed by atoms with E-state index in [1.54, 1.807) is 18.0 Å². The van der Waals surface area contributed by atoms with Crippen LogP contribution in [0.15, 0.2) is 28.9 Å². The van der Waals surface area contributed by atoms with E-state index in [9.17, 15) is 8.78 Å². The Hall–Kier alpha value is -1.31. The maximum Gasteiger partial charge on any atom is 0.126 e. The Morgan fingerprint density at radius 1 is 1.35 bits per heavy atom. The van der Waals surface area contributed by atoms with Crippen LogP contribution in [0.25, 0.3) is 0 Å². The number of nitrogens with zero attached hydrogens (tertiary/aromatic N) is 2. The van der Waals surface area contributed by atoms with Crippen molar-refractivity contribution in [2.75, 3.05) is 13.7 Å². The highest BCUT2D eigenvalue weighted by Gasteiger charge is 2.19. The van der Waals surface area contributed by atoms with E-state index < -0.39 is 17.7 Å². The third kappa shape index (κ3) is 3.23. The lowest BCUT2D eigenvalue weighted by Crippen LogP contribution is -2.20. The van der Waals surface area contributed by atoms with Crippen molar-refractivity contribution in [2.45, 2.75) is 12.6 Å². The summed E-state index contributed by atoms with van der Waals surface area (Å²) in [6, 6.07) is 2.56. The van der Waals surface area contributed by atoms with Crippen LogP contribution in [0.1, 0.15) is 17.3 Å². The van der Waals surface area contributed by atoms with Gasteiger partial charge in [-0.05, 0) is 33.6 Å². The molecular formula is C13H14BrF2N3O. The minimum atomic E-state index is -0.686. The third-order valence-corrected chi connectivity index (χ3v) is 3.49. The van der Waals surface area contributed by atoms with Crippen LogP contribution < -0.4 is 5.73 Å². The molecule has 0 radical (unpaired) electrons. The standard InChI is InChI=1S/C13H14BrF2N3O/c1-20-3-2-19-13(11(14)7-18-19)12(17)8-4-9(15)6-10(16)5-8/h4-7,12H,2-3,17H2,1H3. The summed E-state index contributed by atoms with van der Waals surface area (Å²) in [6.45, 7) is 0.967. The van der Waals surface area contributed by atoms with Gasteiger partial charge in [-0.1, -0.05) is 0 Å². The van der Waals surface area contributed by atoms with E-state index >= 15 is 0 Å². The first-order valence-corrected chi connectivity index (χ1v) is 6.74. The van der Waals surface area contributed by atoms with Crippen molar-refractivity contribution in [2.24, 2.45) is 5.73 Å². The zero-order valence-electron chi connectivity index (χ0n) is 10.8. The summed E-state index contributed by atoms with van der Waals surface area (Å²) in [5, 5.41) is 4.17. The van der Waals surface area contributed by atoms with Gasteiger partial charge in [0.15, 0.2) is 0 Å². The van der Waals surface area contributed by atoms with Crippen LogP contribution in [0.5, 0.6) is 0 Å². The second-order valence-corrected chi connectivity index (χ2v) is 5.13. The molecule has 0 spiro atoms. The third-order valence-electron chi connectivity index (χ3n) is 2.88. The molecule has 1 aromatic carbocycles. The molecule has 108 valence electrons. The predicted molar refractivity (Wildman–Crippen MR) is 74.2 cm³/mol. The summed E-state index contributed by atoms with van der Waals surface area (Å²) >= 11 is 3.35. The van der Waals surface area contributed by atoms with Crippen molar-refractivity contribution in [1.82, 2.24) is 9.78 Å². The first kappa shape index (κ1) is 15.1. The Labute approximate surface area is 123 Å². The second kappa shape index (κ2) is 6.43. The number of benzene rings is 1. The van der Waals surface area contributed by atoms with Crippen LogP contribution >= 0.6 is 15.9 Å². The van der Waals surface area contributed by atoms with Crippen LogP contribution in [-0.2, 0) is 11.3 Å². The Kier molecular flexibility index (Phi) is 4.85. The van der Waals surface area contributed by atoms with E-state index in [-0.39, 0.29) is 0 Å². The van der Waals surface area contributed by atoms with Crippen LogP contribution in [0.2, 0.25) is 0 Å². The molecule has 2 rings (SSSR count). The van der Waals surface area contributed by atoms with Crippen molar-refractivity contribution in [3.63, 3.8) is 0 Å². The number of ether oxygens (including phenoxy) is 1. The number of methoxy groups -OCH3 is 1. The summed E-state index contributed by atoms with van der Waals surface area (Å²) in [5.41, 5.74) is 7.10. The monoisotopic (exact) mass is 345 g/mol. The Morgan fingerprint density at radius 2 is 2.00 bits per heavy atom. The molecule has 0 fully saturated rings. The number of halogens is 3.